The number of rotatable bonds is 8. The lowest BCUT2D eigenvalue weighted by molar-refractivity contribution is -0.136. The van der Waals surface area contributed by atoms with Crippen molar-refractivity contribution in [2.24, 2.45) is 5.41 Å². The number of aliphatic carboxylic acids is 1. The molecule has 1 saturated heterocycles. The van der Waals surface area contributed by atoms with E-state index in [0.717, 1.165) is 42.7 Å². The number of benzene rings is 2. The second-order valence-corrected chi connectivity index (χ2v) is 12.2. The van der Waals surface area contributed by atoms with Crippen LogP contribution in [0, 0.1) is 18.2 Å². The first-order chi connectivity index (χ1) is 18.7. The summed E-state index contributed by atoms with van der Waals surface area (Å²) in [5.74, 6) is -1.14. The average Bonchev–Trinajstić information content (AvgIpc) is 2.86. The normalized spacial score (nSPS) is 14.8. The van der Waals surface area contributed by atoms with Gasteiger partial charge in [0, 0.05) is 42.5 Å². The van der Waals surface area contributed by atoms with Gasteiger partial charge in [-0.2, -0.15) is 0 Å². The van der Waals surface area contributed by atoms with Crippen molar-refractivity contribution in [1.82, 2.24) is 4.98 Å². The molecule has 0 spiro atoms. The van der Waals surface area contributed by atoms with E-state index in [1.54, 1.807) is 33.0 Å². The Kier molecular flexibility index (Phi) is 10.3. The number of carboxylic acids is 1. The third-order valence-corrected chi connectivity index (χ3v) is 6.86. The summed E-state index contributed by atoms with van der Waals surface area (Å²) < 4.78 is 20.8. The number of nitrogens with zero attached hydrogens (tertiary/aromatic N) is 2. The zero-order valence-electron chi connectivity index (χ0n) is 24.6. The molecule has 0 amide bonds. The zero-order chi connectivity index (χ0) is 29.5. The molecule has 0 bridgehead atoms. The van der Waals surface area contributed by atoms with Gasteiger partial charge in [-0.1, -0.05) is 50.2 Å². The van der Waals surface area contributed by atoms with Crippen molar-refractivity contribution in [1.29, 1.82) is 0 Å². The van der Waals surface area contributed by atoms with E-state index in [9.17, 15) is 9.90 Å². The first kappa shape index (κ1) is 31.1. The Hall–Kier alpha value is -3.45. The number of hydrogen-bond donors (Lipinski definition) is 2. The van der Waals surface area contributed by atoms with Gasteiger partial charge in [0.1, 0.15) is 0 Å². The Morgan fingerprint density at radius 3 is 2.30 bits per heavy atom. The third kappa shape index (κ3) is 9.33. The predicted molar refractivity (Wildman–Crippen MR) is 159 cm³/mol. The number of aryl methyl sites for hydroxylation is 1. The van der Waals surface area contributed by atoms with Gasteiger partial charge < -0.3 is 19.8 Å². The molecule has 0 saturated carbocycles. The van der Waals surface area contributed by atoms with Gasteiger partial charge >= 0.3 is 5.97 Å². The molecular formula is C33H43FN2O4. The van der Waals surface area contributed by atoms with Crippen molar-refractivity contribution in [2.45, 2.75) is 72.8 Å². The minimum atomic E-state index is -0.904. The van der Waals surface area contributed by atoms with Crippen LogP contribution in [0.15, 0.2) is 54.7 Å². The zero-order valence-corrected chi connectivity index (χ0v) is 24.6. The van der Waals surface area contributed by atoms with Crippen LogP contribution in [0.3, 0.4) is 0 Å². The fraction of sp³-hybridized carbons (Fsp3) is 0.455. The number of hydrogen-bond acceptors (Lipinski definition) is 5. The Morgan fingerprint density at radius 2 is 1.73 bits per heavy atom. The first-order valence-corrected chi connectivity index (χ1v) is 13.9. The predicted octanol–water partition coefficient (Wildman–Crippen LogP) is 6.85. The van der Waals surface area contributed by atoms with Crippen LogP contribution < -0.4 is 9.64 Å². The van der Waals surface area contributed by atoms with Gasteiger partial charge in [0.05, 0.1) is 24.3 Å². The van der Waals surface area contributed by atoms with Gasteiger partial charge in [0.25, 0.3) is 0 Å². The van der Waals surface area contributed by atoms with Crippen molar-refractivity contribution in [2.75, 3.05) is 24.6 Å². The Bertz CT molecular complexity index is 1270. The summed E-state index contributed by atoms with van der Waals surface area (Å²) in [6.45, 7) is 13.6. The van der Waals surface area contributed by atoms with Crippen LogP contribution in [0.5, 0.6) is 5.75 Å². The maximum Gasteiger partial charge on any atom is 0.307 e. The molecule has 1 aliphatic rings. The molecule has 0 unspecified atom stereocenters. The molecule has 1 fully saturated rings. The average molecular weight is 551 g/mol. The second kappa shape index (κ2) is 13.3. The molecule has 216 valence electrons. The molecule has 2 aromatic carbocycles. The Morgan fingerprint density at radius 1 is 1.10 bits per heavy atom. The molecular weight excluding hydrogens is 507 g/mol. The van der Waals surface area contributed by atoms with Crippen LogP contribution >= 0.6 is 0 Å². The van der Waals surface area contributed by atoms with Gasteiger partial charge in [-0.05, 0) is 69.2 Å². The van der Waals surface area contributed by atoms with Crippen LogP contribution in [0.4, 0.5) is 10.1 Å². The molecule has 1 aromatic heterocycles. The number of aliphatic hydroxyl groups is 1. The molecule has 3 aromatic rings. The van der Waals surface area contributed by atoms with Crippen LogP contribution in [0.2, 0.25) is 0 Å². The number of halogens is 1. The van der Waals surface area contributed by atoms with Crippen LogP contribution in [-0.2, 0) is 17.6 Å². The van der Waals surface area contributed by atoms with Crippen molar-refractivity contribution in [3.05, 3.63) is 77.4 Å². The number of carboxylic acid groups (broad SMARTS) is 1. The van der Waals surface area contributed by atoms with E-state index in [4.69, 9.17) is 9.84 Å². The lowest BCUT2D eigenvalue weighted by Gasteiger charge is -2.40. The molecule has 0 radical (unpaired) electrons. The maximum atomic E-state index is 15.1. The number of anilines is 1. The molecule has 40 heavy (non-hydrogen) atoms. The highest BCUT2D eigenvalue weighted by Crippen LogP contribution is 2.40. The Labute approximate surface area is 237 Å². The van der Waals surface area contributed by atoms with E-state index >= 15 is 4.39 Å². The summed E-state index contributed by atoms with van der Waals surface area (Å²) >= 11 is 0. The Balaban J connectivity index is 0.000000810. The first-order valence-electron chi connectivity index (χ1n) is 13.9. The smallest absolute Gasteiger partial charge is 0.307 e. The van der Waals surface area contributed by atoms with E-state index in [1.807, 2.05) is 43.3 Å². The number of ether oxygens (including phenoxy) is 1. The molecule has 7 heteroatoms. The number of pyridine rings is 1. The highest BCUT2D eigenvalue weighted by molar-refractivity contribution is 5.84. The van der Waals surface area contributed by atoms with Crippen molar-refractivity contribution in [3.8, 4) is 16.9 Å². The summed E-state index contributed by atoms with van der Waals surface area (Å²) in [4.78, 5) is 18.4. The van der Waals surface area contributed by atoms with E-state index in [-0.39, 0.29) is 17.6 Å². The summed E-state index contributed by atoms with van der Waals surface area (Å²) in [6, 6.07) is 14.9. The molecule has 2 heterocycles. The minimum absolute atomic E-state index is 0.120. The molecule has 0 atom stereocenters. The molecule has 1 aliphatic heterocycles. The van der Waals surface area contributed by atoms with Crippen molar-refractivity contribution >= 4 is 11.7 Å². The highest BCUT2D eigenvalue weighted by atomic mass is 19.1. The monoisotopic (exact) mass is 550 g/mol. The topological polar surface area (TPSA) is 82.9 Å². The summed E-state index contributed by atoms with van der Waals surface area (Å²) in [5.41, 5.74) is 4.54. The standard InChI is InChI=1S/C29H33FN2O3.C4H10O/c1-20-23(18-27(33)34)28(32-14-12-29(2,3)13-15-32)24(19-31-20)22-9-10-26(25(30)17-22)35-16-11-21-7-5-4-6-8-21;1-4(2,3)5/h4-10,17,19H,11-16,18H2,1-3H3,(H,33,34);5H,1-3H3. The molecule has 4 rings (SSSR count). The van der Waals surface area contributed by atoms with Gasteiger partial charge in [-0.15, -0.1) is 0 Å². The summed E-state index contributed by atoms with van der Waals surface area (Å²) in [6.07, 6.45) is 4.31. The quantitative estimate of drug-likeness (QED) is 0.319. The molecule has 6 nitrogen and oxygen atoms in total. The van der Waals surface area contributed by atoms with E-state index in [1.165, 1.54) is 6.07 Å². The van der Waals surface area contributed by atoms with E-state index in [0.29, 0.717) is 29.8 Å². The fourth-order valence-electron chi connectivity index (χ4n) is 4.61. The molecule has 2 N–H and O–H groups in total. The molecule has 0 aliphatic carbocycles. The van der Waals surface area contributed by atoms with Crippen LogP contribution in [0.25, 0.3) is 11.1 Å². The fourth-order valence-corrected chi connectivity index (χ4v) is 4.61. The number of carbonyl (C=O) groups is 1. The van der Waals surface area contributed by atoms with Crippen LogP contribution in [0.1, 0.15) is 64.3 Å². The van der Waals surface area contributed by atoms with E-state index < -0.39 is 17.4 Å². The van der Waals surface area contributed by atoms with Crippen LogP contribution in [-0.4, -0.2) is 46.5 Å². The largest absolute Gasteiger partial charge is 0.490 e. The third-order valence-electron chi connectivity index (χ3n) is 6.86. The summed E-state index contributed by atoms with van der Waals surface area (Å²) in [7, 11) is 0. The van der Waals surface area contributed by atoms with E-state index in [2.05, 4.69) is 23.7 Å². The number of aromatic nitrogens is 1. The van der Waals surface area contributed by atoms with Gasteiger partial charge in [0.2, 0.25) is 0 Å². The van der Waals surface area contributed by atoms with Gasteiger partial charge in [-0.3, -0.25) is 9.78 Å². The van der Waals surface area contributed by atoms with Gasteiger partial charge in [0.15, 0.2) is 11.6 Å². The maximum absolute atomic E-state index is 15.1. The lowest BCUT2D eigenvalue weighted by atomic mass is 9.82. The SMILES string of the molecule is CC(C)(C)O.Cc1ncc(-c2ccc(OCCc3ccccc3)c(F)c2)c(N2CCC(C)(C)CC2)c1CC(=O)O. The number of piperidine rings is 1. The lowest BCUT2D eigenvalue weighted by Crippen LogP contribution is -2.38. The highest BCUT2D eigenvalue weighted by Gasteiger charge is 2.29. The second-order valence-electron chi connectivity index (χ2n) is 12.2. The summed E-state index contributed by atoms with van der Waals surface area (Å²) in [5, 5.41) is 18.1. The van der Waals surface area contributed by atoms with Crippen molar-refractivity contribution in [3.63, 3.8) is 0 Å². The van der Waals surface area contributed by atoms with Gasteiger partial charge in [-0.25, -0.2) is 4.39 Å². The van der Waals surface area contributed by atoms with Crippen molar-refractivity contribution < 1.29 is 24.1 Å². The minimum Gasteiger partial charge on any atom is -0.490 e.